The van der Waals surface area contributed by atoms with Gasteiger partial charge in [-0.25, -0.2) is 0 Å². The monoisotopic (exact) mass is 288 g/mol. The molecule has 1 aromatic carbocycles. The fourth-order valence-electron chi connectivity index (χ4n) is 2.68. The average molecular weight is 288 g/mol. The molecule has 4 heteroatoms. The molecule has 0 saturated carbocycles. The molecule has 1 N–H and O–H groups in total. The molecule has 0 bridgehead atoms. The molecule has 0 spiro atoms. The first-order valence-corrected chi connectivity index (χ1v) is 7.76. The Labute approximate surface area is 126 Å². The highest BCUT2D eigenvalue weighted by molar-refractivity contribution is 5.85. The van der Waals surface area contributed by atoms with Gasteiger partial charge >= 0.3 is 0 Å². The third-order valence-electron chi connectivity index (χ3n) is 4.01. The first kappa shape index (κ1) is 15.5. The van der Waals surface area contributed by atoms with E-state index in [1.807, 2.05) is 42.2 Å². The Morgan fingerprint density at radius 2 is 1.81 bits per heavy atom. The van der Waals surface area contributed by atoms with E-state index in [1.54, 1.807) is 0 Å². The summed E-state index contributed by atoms with van der Waals surface area (Å²) in [4.78, 5) is 25.8. The van der Waals surface area contributed by atoms with Gasteiger partial charge < -0.3 is 10.2 Å². The van der Waals surface area contributed by atoms with Gasteiger partial charge in [-0.05, 0) is 30.7 Å². The zero-order valence-corrected chi connectivity index (χ0v) is 12.7. The molecule has 1 heterocycles. The maximum absolute atomic E-state index is 12.0. The number of hydrogen-bond donors (Lipinski definition) is 1. The molecular weight excluding hydrogens is 264 g/mol. The Morgan fingerprint density at radius 1 is 1.14 bits per heavy atom. The number of nitrogens with zero attached hydrogens (tertiary/aromatic N) is 1. The Morgan fingerprint density at radius 3 is 2.48 bits per heavy atom. The summed E-state index contributed by atoms with van der Waals surface area (Å²) in [7, 11) is 0. The van der Waals surface area contributed by atoms with Crippen LogP contribution in [0.1, 0.15) is 44.1 Å². The van der Waals surface area contributed by atoms with Gasteiger partial charge in [0.05, 0.1) is 6.54 Å². The molecule has 1 saturated heterocycles. The summed E-state index contributed by atoms with van der Waals surface area (Å²) in [6.45, 7) is 3.81. The normalized spacial score (nSPS) is 16.3. The molecule has 4 nitrogen and oxygen atoms in total. The van der Waals surface area contributed by atoms with E-state index in [0.717, 1.165) is 31.5 Å². The summed E-state index contributed by atoms with van der Waals surface area (Å²) in [5.74, 6) is 0.142. The maximum atomic E-state index is 12.0. The van der Waals surface area contributed by atoms with E-state index in [0.29, 0.717) is 6.42 Å². The zero-order valence-electron chi connectivity index (χ0n) is 12.7. The van der Waals surface area contributed by atoms with E-state index in [9.17, 15) is 9.59 Å². The van der Waals surface area contributed by atoms with Crippen LogP contribution in [0.2, 0.25) is 0 Å². The third-order valence-corrected chi connectivity index (χ3v) is 4.01. The molecule has 1 aliphatic heterocycles. The summed E-state index contributed by atoms with van der Waals surface area (Å²) in [5, 5.41) is 2.75. The number of hydrogen-bond acceptors (Lipinski definition) is 2. The number of carbonyl (C=O) groups is 2. The molecule has 0 radical (unpaired) electrons. The van der Waals surface area contributed by atoms with Crippen LogP contribution in [-0.2, 0) is 9.59 Å². The number of benzene rings is 1. The van der Waals surface area contributed by atoms with Crippen LogP contribution in [0.4, 0.5) is 0 Å². The van der Waals surface area contributed by atoms with Gasteiger partial charge in [-0.2, -0.15) is 0 Å². The van der Waals surface area contributed by atoms with Gasteiger partial charge in [-0.1, -0.05) is 37.3 Å². The van der Waals surface area contributed by atoms with Crippen molar-refractivity contribution >= 4 is 11.8 Å². The van der Waals surface area contributed by atoms with Crippen molar-refractivity contribution in [1.82, 2.24) is 10.2 Å². The van der Waals surface area contributed by atoms with Crippen LogP contribution in [0.5, 0.6) is 0 Å². The van der Waals surface area contributed by atoms with E-state index in [-0.39, 0.29) is 24.3 Å². The van der Waals surface area contributed by atoms with Gasteiger partial charge in [-0.15, -0.1) is 0 Å². The lowest BCUT2D eigenvalue weighted by atomic mass is 9.98. The largest absolute Gasteiger partial charge is 0.347 e. The topological polar surface area (TPSA) is 49.4 Å². The van der Waals surface area contributed by atoms with E-state index >= 15 is 0 Å². The van der Waals surface area contributed by atoms with Crippen LogP contribution in [0.25, 0.3) is 0 Å². The first-order chi connectivity index (χ1) is 10.2. The summed E-state index contributed by atoms with van der Waals surface area (Å²) in [6.07, 6.45) is 3.76. The Hall–Kier alpha value is -1.84. The van der Waals surface area contributed by atoms with Crippen molar-refractivity contribution in [1.29, 1.82) is 0 Å². The molecule has 1 atom stereocenters. The molecule has 1 fully saturated rings. The second-order valence-corrected chi connectivity index (χ2v) is 5.73. The molecule has 1 aliphatic rings. The molecule has 0 aromatic heterocycles. The molecule has 0 aliphatic carbocycles. The van der Waals surface area contributed by atoms with Crippen LogP contribution < -0.4 is 5.32 Å². The number of piperidine rings is 1. The lowest BCUT2D eigenvalue weighted by Gasteiger charge is -2.26. The van der Waals surface area contributed by atoms with Crippen molar-refractivity contribution in [3.8, 4) is 0 Å². The third kappa shape index (κ3) is 4.88. The number of nitrogens with one attached hydrogen (secondary N) is 1. The van der Waals surface area contributed by atoms with Gasteiger partial charge in [0.2, 0.25) is 11.8 Å². The fraction of sp³-hybridized carbons (Fsp3) is 0.529. The van der Waals surface area contributed by atoms with Crippen LogP contribution >= 0.6 is 0 Å². The van der Waals surface area contributed by atoms with Gasteiger partial charge in [0.1, 0.15) is 0 Å². The number of carbonyl (C=O) groups excluding carboxylic acids is 2. The van der Waals surface area contributed by atoms with Gasteiger partial charge in [0.15, 0.2) is 0 Å². The zero-order chi connectivity index (χ0) is 15.1. The average Bonchev–Trinajstić information content (AvgIpc) is 2.54. The van der Waals surface area contributed by atoms with Crippen molar-refractivity contribution in [3.63, 3.8) is 0 Å². The summed E-state index contributed by atoms with van der Waals surface area (Å²) in [5.41, 5.74) is 1.15. The van der Waals surface area contributed by atoms with E-state index in [1.165, 1.54) is 6.42 Å². The van der Waals surface area contributed by atoms with Gasteiger partial charge in [0, 0.05) is 19.5 Å². The highest BCUT2D eigenvalue weighted by atomic mass is 16.2. The smallest absolute Gasteiger partial charge is 0.241 e. The predicted molar refractivity (Wildman–Crippen MR) is 82.9 cm³/mol. The summed E-state index contributed by atoms with van der Waals surface area (Å²) in [6, 6.07) is 9.97. The Balaban J connectivity index is 1.73. The standard InChI is InChI=1S/C17H24N2O2/c1-14(15-8-4-2-5-9-15)12-16(20)18-13-17(21)19-10-6-3-7-11-19/h2,4-5,8-9,14H,3,6-7,10-13H2,1H3,(H,18,20). The first-order valence-electron chi connectivity index (χ1n) is 7.76. The molecule has 21 heavy (non-hydrogen) atoms. The highest BCUT2D eigenvalue weighted by Crippen LogP contribution is 2.18. The van der Waals surface area contributed by atoms with Crippen LogP contribution in [0, 0.1) is 0 Å². The molecular formula is C17H24N2O2. The number of likely N-dealkylation sites (tertiary alicyclic amines) is 1. The van der Waals surface area contributed by atoms with Crippen molar-refractivity contribution in [2.75, 3.05) is 19.6 Å². The van der Waals surface area contributed by atoms with Gasteiger partial charge in [-0.3, -0.25) is 9.59 Å². The minimum Gasteiger partial charge on any atom is -0.347 e. The van der Waals surface area contributed by atoms with Crippen LogP contribution in [-0.4, -0.2) is 36.3 Å². The Bertz CT molecular complexity index is 467. The fourth-order valence-corrected chi connectivity index (χ4v) is 2.68. The van der Waals surface area contributed by atoms with Crippen LogP contribution in [0.15, 0.2) is 30.3 Å². The lowest BCUT2D eigenvalue weighted by molar-refractivity contribution is -0.133. The minimum absolute atomic E-state index is 0.0374. The van der Waals surface area contributed by atoms with Crippen molar-refractivity contribution in [3.05, 3.63) is 35.9 Å². The summed E-state index contributed by atoms with van der Waals surface area (Å²) < 4.78 is 0. The molecule has 2 rings (SSSR count). The van der Waals surface area contributed by atoms with E-state index in [4.69, 9.17) is 0 Å². The molecule has 1 unspecified atom stereocenters. The molecule has 1 aromatic rings. The minimum atomic E-state index is -0.0586. The van der Waals surface area contributed by atoms with Crippen molar-refractivity contribution in [2.24, 2.45) is 0 Å². The predicted octanol–water partition coefficient (Wildman–Crippen LogP) is 2.31. The Kier molecular flexibility index (Phi) is 5.78. The number of amides is 2. The quantitative estimate of drug-likeness (QED) is 0.904. The van der Waals surface area contributed by atoms with Gasteiger partial charge in [0.25, 0.3) is 0 Å². The SMILES string of the molecule is CC(CC(=O)NCC(=O)N1CCCCC1)c1ccccc1. The highest BCUT2D eigenvalue weighted by Gasteiger charge is 2.17. The van der Waals surface area contributed by atoms with Crippen molar-refractivity contribution < 1.29 is 9.59 Å². The van der Waals surface area contributed by atoms with E-state index in [2.05, 4.69) is 5.32 Å². The maximum Gasteiger partial charge on any atom is 0.241 e. The van der Waals surface area contributed by atoms with Crippen molar-refractivity contribution in [2.45, 2.75) is 38.5 Å². The van der Waals surface area contributed by atoms with E-state index < -0.39 is 0 Å². The second-order valence-electron chi connectivity index (χ2n) is 5.73. The second kappa shape index (κ2) is 7.81. The lowest BCUT2D eigenvalue weighted by Crippen LogP contribution is -2.42. The number of rotatable bonds is 5. The summed E-state index contributed by atoms with van der Waals surface area (Å²) >= 11 is 0. The molecule has 114 valence electrons. The molecule has 2 amide bonds. The van der Waals surface area contributed by atoms with Crippen LogP contribution in [0.3, 0.4) is 0 Å².